The lowest BCUT2D eigenvalue weighted by Gasteiger charge is -2.27. The third-order valence-corrected chi connectivity index (χ3v) is 6.95. The topological polar surface area (TPSA) is 126 Å². The molecule has 0 bridgehead atoms. The van der Waals surface area contributed by atoms with E-state index in [0.717, 1.165) is 22.5 Å². The molecule has 3 rings (SSSR count). The molecule has 2 N–H and O–H groups in total. The Balaban J connectivity index is 1.48. The van der Waals surface area contributed by atoms with Gasteiger partial charge in [-0.05, 0) is 79.9 Å². The van der Waals surface area contributed by atoms with Crippen LogP contribution < -0.4 is 24.5 Å². The quantitative estimate of drug-likeness (QED) is 0.228. The lowest BCUT2D eigenvalue weighted by Crippen LogP contribution is -2.46. The van der Waals surface area contributed by atoms with Gasteiger partial charge in [-0.25, -0.2) is 13.8 Å². The first kappa shape index (κ1) is 30.2. The molecule has 212 valence electrons. The smallest absolute Gasteiger partial charge is 0.263 e. The molecule has 0 saturated heterocycles. The van der Waals surface area contributed by atoms with Crippen molar-refractivity contribution in [3.63, 3.8) is 0 Å². The van der Waals surface area contributed by atoms with Crippen LogP contribution in [0.15, 0.2) is 84.0 Å². The van der Waals surface area contributed by atoms with Crippen LogP contribution in [0.4, 0.5) is 5.69 Å². The Morgan fingerprint density at radius 1 is 0.950 bits per heavy atom. The maximum atomic E-state index is 12.7. The summed E-state index contributed by atoms with van der Waals surface area (Å²) >= 11 is 0. The SMILES string of the molecule is CCOc1ccc(N(C(C)C(=O)N/N=C/c2ccc(OCC(=O)NCCc3ccccc3)cc2)S(C)(=O)=O)cc1. The molecule has 1 atom stereocenters. The minimum atomic E-state index is -3.76. The molecule has 40 heavy (non-hydrogen) atoms. The van der Waals surface area contributed by atoms with Crippen LogP contribution in [-0.2, 0) is 26.0 Å². The number of nitrogens with one attached hydrogen (secondary N) is 2. The zero-order chi connectivity index (χ0) is 29.0. The molecule has 0 saturated carbocycles. The first-order valence-corrected chi connectivity index (χ1v) is 14.6. The number of sulfonamides is 1. The Hall–Kier alpha value is -4.38. The number of carbonyl (C=O) groups excluding carboxylic acids is 2. The summed E-state index contributed by atoms with van der Waals surface area (Å²) in [5.74, 6) is 0.285. The summed E-state index contributed by atoms with van der Waals surface area (Å²) in [6.07, 6.45) is 3.20. The Bertz CT molecular complexity index is 1380. The number of hydrogen-bond donors (Lipinski definition) is 2. The minimum Gasteiger partial charge on any atom is -0.494 e. The molecule has 3 aromatic rings. The number of amides is 2. The van der Waals surface area contributed by atoms with Crippen LogP contribution in [-0.4, -0.2) is 58.5 Å². The molecule has 3 aromatic carbocycles. The van der Waals surface area contributed by atoms with Crippen LogP contribution in [0.1, 0.15) is 25.0 Å². The predicted octanol–water partition coefficient (Wildman–Crippen LogP) is 3.13. The highest BCUT2D eigenvalue weighted by Gasteiger charge is 2.29. The molecule has 0 aliphatic rings. The second kappa shape index (κ2) is 14.7. The Morgan fingerprint density at radius 3 is 2.20 bits per heavy atom. The zero-order valence-corrected chi connectivity index (χ0v) is 23.6. The lowest BCUT2D eigenvalue weighted by molar-refractivity contribution is -0.123. The highest BCUT2D eigenvalue weighted by atomic mass is 32.2. The van der Waals surface area contributed by atoms with Crippen LogP contribution in [0.25, 0.3) is 0 Å². The Kier molecular flexibility index (Phi) is 11.1. The van der Waals surface area contributed by atoms with E-state index in [-0.39, 0.29) is 12.5 Å². The maximum absolute atomic E-state index is 12.7. The number of hydrazone groups is 1. The molecule has 0 aliphatic carbocycles. The molecule has 1 unspecified atom stereocenters. The molecule has 11 heteroatoms. The minimum absolute atomic E-state index is 0.110. The molecule has 0 aromatic heterocycles. The van der Waals surface area contributed by atoms with Gasteiger partial charge in [-0.2, -0.15) is 5.10 Å². The van der Waals surface area contributed by atoms with E-state index in [1.54, 1.807) is 48.5 Å². The van der Waals surface area contributed by atoms with Gasteiger partial charge in [-0.15, -0.1) is 0 Å². The van der Waals surface area contributed by atoms with Crippen molar-refractivity contribution in [1.29, 1.82) is 0 Å². The fourth-order valence-corrected chi connectivity index (χ4v) is 4.94. The van der Waals surface area contributed by atoms with Crippen molar-refractivity contribution in [2.24, 2.45) is 5.10 Å². The summed E-state index contributed by atoms with van der Waals surface area (Å²) in [5.41, 5.74) is 4.53. The molecule has 0 radical (unpaired) electrons. The van der Waals surface area contributed by atoms with Crippen molar-refractivity contribution in [1.82, 2.24) is 10.7 Å². The number of carbonyl (C=O) groups is 2. The van der Waals surface area contributed by atoms with Crippen LogP contribution in [0.5, 0.6) is 11.5 Å². The molecular weight excluding hydrogens is 532 g/mol. The summed E-state index contributed by atoms with van der Waals surface area (Å²) in [5, 5.41) is 6.77. The highest BCUT2D eigenvalue weighted by Crippen LogP contribution is 2.24. The van der Waals surface area contributed by atoms with Crippen LogP contribution in [0.3, 0.4) is 0 Å². The average molecular weight is 567 g/mol. The van der Waals surface area contributed by atoms with Gasteiger partial charge in [-0.1, -0.05) is 30.3 Å². The Morgan fingerprint density at radius 2 is 1.57 bits per heavy atom. The summed E-state index contributed by atoms with van der Waals surface area (Å²) < 4.78 is 36.9. The van der Waals surface area contributed by atoms with Crippen molar-refractivity contribution < 1.29 is 27.5 Å². The summed E-state index contributed by atoms with van der Waals surface area (Å²) in [7, 11) is -3.76. The zero-order valence-electron chi connectivity index (χ0n) is 22.7. The lowest BCUT2D eigenvalue weighted by atomic mass is 10.1. The van der Waals surface area contributed by atoms with Gasteiger partial charge in [0.2, 0.25) is 10.0 Å². The maximum Gasteiger partial charge on any atom is 0.263 e. The fraction of sp³-hybridized carbons (Fsp3) is 0.276. The Labute approximate surface area is 235 Å². The van der Waals surface area contributed by atoms with E-state index in [0.29, 0.717) is 35.9 Å². The van der Waals surface area contributed by atoms with Gasteiger partial charge in [0.05, 0.1) is 24.8 Å². The fourth-order valence-electron chi connectivity index (χ4n) is 3.77. The third kappa shape index (κ3) is 9.42. The summed E-state index contributed by atoms with van der Waals surface area (Å²) in [6.45, 7) is 4.22. The molecule has 2 amide bonds. The largest absolute Gasteiger partial charge is 0.494 e. The number of hydrogen-bond acceptors (Lipinski definition) is 7. The normalized spacial score (nSPS) is 12.0. The van der Waals surface area contributed by atoms with Crippen molar-refractivity contribution in [3.05, 3.63) is 90.0 Å². The second-order valence-electron chi connectivity index (χ2n) is 8.84. The van der Waals surface area contributed by atoms with E-state index >= 15 is 0 Å². The van der Waals surface area contributed by atoms with Crippen LogP contribution >= 0.6 is 0 Å². The van der Waals surface area contributed by atoms with Gasteiger partial charge in [0.15, 0.2) is 6.61 Å². The van der Waals surface area contributed by atoms with Crippen molar-refractivity contribution in [2.45, 2.75) is 26.3 Å². The highest BCUT2D eigenvalue weighted by molar-refractivity contribution is 7.92. The van der Waals surface area contributed by atoms with E-state index < -0.39 is 22.0 Å². The first-order valence-electron chi connectivity index (χ1n) is 12.8. The predicted molar refractivity (Wildman–Crippen MR) is 155 cm³/mol. The molecule has 0 aliphatic heterocycles. The number of benzene rings is 3. The first-order chi connectivity index (χ1) is 19.2. The van der Waals surface area contributed by atoms with Gasteiger partial charge in [-0.3, -0.25) is 13.9 Å². The van der Waals surface area contributed by atoms with Gasteiger partial charge in [0, 0.05) is 6.54 Å². The number of anilines is 1. The van der Waals surface area contributed by atoms with Crippen LogP contribution in [0.2, 0.25) is 0 Å². The van der Waals surface area contributed by atoms with E-state index in [1.807, 2.05) is 37.3 Å². The third-order valence-electron chi connectivity index (χ3n) is 5.71. The van der Waals surface area contributed by atoms with Gasteiger partial charge < -0.3 is 14.8 Å². The van der Waals surface area contributed by atoms with Gasteiger partial charge in [0.1, 0.15) is 17.5 Å². The van der Waals surface area contributed by atoms with Crippen LogP contribution in [0, 0.1) is 0 Å². The summed E-state index contributed by atoms with van der Waals surface area (Å²) in [4.78, 5) is 24.7. The molecule has 0 fully saturated rings. The standard InChI is InChI=1S/C29H34N4O6S/c1-4-38-26-16-12-25(13-17-26)33(40(3,36)37)22(2)29(35)32-31-20-24-10-14-27(15-11-24)39-21-28(34)30-19-18-23-8-6-5-7-9-23/h5-17,20,22H,4,18-19,21H2,1-3H3,(H,30,34)(H,32,35)/b31-20+. The molecule has 0 spiro atoms. The van der Waals surface area contributed by atoms with Crippen molar-refractivity contribution in [3.8, 4) is 11.5 Å². The molecule has 0 heterocycles. The number of nitrogens with zero attached hydrogens (tertiary/aromatic N) is 2. The van der Waals surface area contributed by atoms with Gasteiger partial charge in [0.25, 0.3) is 11.8 Å². The van der Waals surface area contributed by atoms with Crippen molar-refractivity contribution in [2.75, 3.05) is 30.3 Å². The molecule has 10 nitrogen and oxygen atoms in total. The van der Waals surface area contributed by atoms with E-state index in [1.165, 1.54) is 13.1 Å². The van der Waals surface area contributed by atoms with E-state index in [4.69, 9.17) is 9.47 Å². The van der Waals surface area contributed by atoms with Crippen molar-refractivity contribution >= 4 is 33.7 Å². The van der Waals surface area contributed by atoms with E-state index in [9.17, 15) is 18.0 Å². The second-order valence-corrected chi connectivity index (χ2v) is 10.7. The number of rotatable bonds is 14. The monoisotopic (exact) mass is 566 g/mol. The number of ether oxygens (including phenoxy) is 2. The summed E-state index contributed by atoms with van der Waals surface area (Å²) in [6, 6.07) is 22.1. The van der Waals surface area contributed by atoms with E-state index in [2.05, 4.69) is 15.8 Å². The molecular formula is C29H34N4O6S. The van der Waals surface area contributed by atoms with Gasteiger partial charge >= 0.3 is 0 Å². The average Bonchev–Trinajstić information content (AvgIpc) is 2.93.